The first-order chi connectivity index (χ1) is 4.91. The molecular weight excluding hydrogens is 128 g/mol. The van der Waals surface area contributed by atoms with Crippen LogP contribution in [0.1, 0.15) is 19.3 Å². The fourth-order valence-electron chi connectivity index (χ4n) is 0.680. The van der Waals surface area contributed by atoms with E-state index in [-0.39, 0.29) is 0 Å². The summed E-state index contributed by atoms with van der Waals surface area (Å²) in [7, 11) is 0. The Morgan fingerprint density at radius 3 is 2.70 bits per heavy atom. The molecule has 0 aromatic rings. The lowest BCUT2D eigenvalue weighted by Crippen LogP contribution is -2.17. The predicted molar refractivity (Wildman–Crippen MR) is 41.8 cm³/mol. The van der Waals surface area contributed by atoms with Crippen molar-refractivity contribution in [2.75, 3.05) is 19.6 Å². The van der Waals surface area contributed by atoms with Gasteiger partial charge in [-0.1, -0.05) is 0 Å². The smallest absolute Gasteiger partial charge is 0.121 e. The molecule has 0 spiro atoms. The molecule has 3 N–H and O–H groups in total. The van der Waals surface area contributed by atoms with Gasteiger partial charge in [-0.3, -0.25) is 0 Å². The van der Waals surface area contributed by atoms with Gasteiger partial charge in [-0.2, -0.15) is 0 Å². The second-order valence-corrected chi connectivity index (χ2v) is 2.20. The minimum atomic E-state index is 0.614. The van der Waals surface area contributed by atoms with Crippen molar-refractivity contribution in [1.82, 2.24) is 5.32 Å². The van der Waals surface area contributed by atoms with E-state index in [1.54, 1.807) is 0 Å². The van der Waals surface area contributed by atoms with Crippen LogP contribution in [0.15, 0.2) is 0 Å². The average Bonchev–Trinajstić information content (AvgIpc) is 1.97. The van der Waals surface area contributed by atoms with Crippen molar-refractivity contribution in [1.29, 1.82) is 0 Å². The van der Waals surface area contributed by atoms with E-state index in [0.717, 1.165) is 38.8 Å². The van der Waals surface area contributed by atoms with Crippen molar-refractivity contribution < 1.29 is 4.79 Å². The van der Waals surface area contributed by atoms with Crippen LogP contribution in [0.25, 0.3) is 0 Å². The van der Waals surface area contributed by atoms with Gasteiger partial charge in [-0.05, 0) is 25.9 Å². The summed E-state index contributed by atoms with van der Waals surface area (Å²) in [6, 6.07) is 0. The molecule has 0 aliphatic rings. The third kappa shape index (κ3) is 7.59. The Balaban J connectivity index is 2.70. The summed E-state index contributed by atoms with van der Waals surface area (Å²) in [4.78, 5) is 9.83. The lowest BCUT2D eigenvalue weighted by atomic mass is 10.3. The Morgan fingerprint density at radius 2 is 2.10 bits per heavy atom. The Labute approximate surface area is 62.0 Å². The van der Waals surface area contributed by atoms with Crippen molar-refractivity contribution >= 4 is 6.29 Å². The number of hydrogen-bond acceptors (Lipinski definition) is 3. The van der Waals surface area contributed by atoms with E-state index < -0.39 is 0 Å². The van der Waals surface area contributed by atoms with Crippen LogP contribution >= 0.6 is 0 Å². The maximum Gasteiger partial charge on any atom is 0.121 e. The molecule has 0 rings (SSSR count). The summed E-state index contributed by atoms with van der Waals surface area (Å²) in [6.45, 7) is 2.54. The fourth-order valence-corrected chi connectivity index (χ4v) is 0.680. The van der Waals surface area contributed by atoms with Crippen molar-refractivity contribution in [3.05, 3.63) is 0 Å². The molecule has 60 valence electrons. The van der Waals surface area contributed by atoms with E-state index in [0.29, 0.717) is 6.42 Å². The van der Waals surface area contributed by atoms with E-state index in [2.05, 4.69) is 5.32 Å². The zero-order chi connectivity index (χ0) is 7.66. The number of rotatable bonds is 7. The molecule has 0 heterocycles. The average molecular weight is 144 g/mol. The number of nitrogens with one attached hydrogen (secondary N) is 1. The molecule has 3 heteroatoms. The normalized spacial score (nSPS) is 9.70. The van der Waals surface area contributed by atoms with Crippen molar-refractivity contribution in [2.45, 2.75) is 19.3 Å². The van der Waals surface area contributed by atoms with Crippen LogP contribution in [0.4, 0.5) is 0 Å². The van der Waals surface area contributed by atoms with Gasteiger partial charge in [0.1, 0.15) is 6.29 Å². The molecule has 0 saturated heterocycles. The number of nitrogens with two attached hydrogens (primary N) is 1. The summed E-state index contributed by atoms with van der Waals surface area (Å²) in [5.74, 6) is 0. The molecule has 0 bridgehead atoms. The summed E-state index contributed by atoms with van der Waals surface area (Å²) in [5.41, 5.74) is 5.29. The van der Waals surface area contributed by atoms with Crippen LogP contribution < -0.4 is 11.1 Å². The number of carbonyl (C=O) groups is 1. The van der Waals surface area contributed by atoms with Gasteiger partial charge >= 0.3 is 0 Å². The predicted octanol–water partition coefficient (Wildman–Crippen LogP) is -0.0961. The van der Waals surface area contributed by atoms with Crippen molar-refractivity contribution in [3.8, 4) is 0 Å². The summed E-state index contributed by atoms with van der Waals surface area (Å²) in [5, 5.41) is 3.13. The van der Waals surface area contributed by atoms with Crippen LogP contribution in [0.5, 0.6) is 0 Å². The first-order valence-corrected chi connectivity index (χ1v) is 3.76. The van der Waals surface area contributed by atoms with E-state index in [1.165, 1.54) is 0 Å². The zero-order valence-corrected chi connectivity index (χ0v) is 6.31. The van der Waals surface area contributed by atoms with E-state index in [9.17, 15) is 4.79 Å². The molecule has 0 fully saturated rings. The van der Waals surface area contributed by atoms with Gasteiger partial charge in [0.05, 0.1) is 0 Å². The van der Waals surface area contributed by atoms with Gasteiger partial charge in [-0.25, -0.2) is 0 Å². The van der Waals surface area contributed by atoms with Gasteiger partial charge < -0.3 is 15.8 Å². The number of hydrogen-bond donors (Lipinski definition) is 2. The SMILES string of the molecule is NCCCCNCCC=O. The highest BCUT2D eigenvalue weighted by Gasteiger charge is 1.85. The maximum absolute atomic E-state index is 9.83. The molecule has 0 aliphatic heterocycles. The second-order valence-electron chi connectivity index (χ2n) is 2.20. The largest absolute Gasteiger partial charge is 0.330 e. The lowest BCUT2D eigenvalue weighted by molar-refractivity contribution is -0.107. The monoisotopic (exact) mass is 144 g/mol. The Bertz CT molecular complexity index is 76.0. The fraction of sp³-hybridized carbons (Fsp3) is 0.857. The summed E-state index contributed by atoms with van der Waals surface area (Å²) >= 11 is 0. The van der Waals surface area contributed by atoms with Crippen LogP contribution in [-0.2, 0) is 4.79 Å². The topological polar surface area (TPSA) is 55.1 Å². The molecule has 0 amide bonds. The molecule has 0 unspecified atom stereocenters. The van der Waals surface area contributed by atoms with Crippen molar-refractivity contribution in [3.63, 3.8) is 0 Å². The standard InChI is InChI=1S/C7H16N2O/c8-4-1-2-5-9-6-3-7-10/h7,9H,1-6,8H2. The van der Waals surface area contributed by atoms with E-state index in [4.69, 9.17) is 5.73 Å². The lowest BCUT2D eigenvalue weighted by Gasteiger charge is -1.99. The highest BCUT2D eigenvalue weighted by atomic mass is 16.1. The van der Waals surface area contributed by atoms with E-state index in [1.807, 2.05) is 0 Å². The second kappa shape index (κ2) is 8.59. The minimum Gasteiger partial charge on any atom is -0.330 e. The van der Waals surface area contributed by atoms with Gasteiger partial charge in [0.25, 0.3) is 0 Å². The third-order valence-corrected chi connectivity index (χ3v) is 1.25. The van der Waals surface area contributed by atoms with Gasteiger partial charge in [-0.15, -0.1) is 0 Å². The first kappa shape index (κ1) is 9.59. The summed E-state index contributed by atoms with van der Waals surface area (Å²) < 4.78 is 0. The Morgan fingerprint density at radius 1 is 1.30 bits per heavy atom. The third-order valence-electron chi connectivity index (χ3n) is 1.25. The number of carbonyl (C=O) groups excluding carboxylic acids is 1. The molecule has 0 radical (unpaired) electrons. The molecular formula is C7H16N2O. The van der Waals surface area contributed by atoms with Gasteiger partial charge in [0, 0.05) is 13.0 Å². The van der Waals surface area contributed by atoms with Gasteiger partial charge in [0.2, 0.25) is 0 Å². The first-order valence-electron chi connectivity index (χ1n) is 3.76. The van der Waals surface area contributed by atoms with Gasteiger partial charge in [0.15, 0.2) is 0 Å². The highest BCUT2D eigenvalue weighted by molar-refractivity contribution is 5.49. The van der Waals surface area contributed by atoms with Crippen LogP contribution in [0, 0.1) is 0 Å². The highest BCUT2D eigenvalue weighted by Crippen LogP contribution is 1.81. The molecule has 0 aromatic carbocycles. The molecule has 0 saturated carbocycles. The Hall–Kier alpha value is -0.410. The van der Waals surface area contributed by atoms with Crippen molar-refractivity contribution in [2.24, 2.45) is 5.73 Å². The molecule has 0 atom stereocenters. The molecule has 0 aliphatic carbocycles. The molecule has 3 nitrogen and oxygen atoms in total. The maximum atomic E-state index is 9.83. The molecule has 0 aromatic heterocycles. The number of unbranched alkanes of at least 4 members (excludes halogenated alkanes) is 1. The quantitative estimate of drug-likeness (QED) is 0.387. The van der Waals surface area contributed by atoms with E-state index >= 15 is 0 Å². The summed E-state index contributed by atoms with van der Waals surface area (Å²) in [6.07, 6.45) is 3.71. The van der Waals surface area contributed by atoms with Crippen LogP contribution in [0.3, 0.4) is 0 Å². The number of aldehydes is 1. The zero-order valence-electron chi connectivity index (χ0n) is 6.31. The molecule has 10 heavy (non-hydrogen) atoms. The Kier molecular flexibility index (Phi) is 8.24. The minimum absolute atomic E-state index is 0.614. The van der Waals surface area contributed by atoms with Crippen LogP contribution in [-0.4, -0.2) is 25.9 Å². The van der Waals surface area contributed by atoms with Crippen LogP contribution in [0.2, 0.25) is 0 Å².